The van der Waals surface area contributed by atoms with Crippen LogP contribution in [0.1, 0.15) is 23.1 Å². The predicted molar refractivity (Wildman–Crippen MR) is 73.3 cm³/mol. The Morgan fingerprint density at radius 2 is 1.61 bits per heavy atom. The summed E-state index contributed by atoms with van der Waals surface area (Å²) in [5.41, 5.74) is 2.17. The minimum Gasteiger partial charge on any atom is -0.377 e. The van der Waals surface area contributed by atoms with Crippen LogP contribution < -0.4 is 0 Å². The Morgan fingerprint density at radius 1 is 0.889 bits per heavy atom. The molecule has 0 aliphatic heterocycles. The van der Waals surface area contributed by atoms with Crippen molar-refractivity contribution < 1.29 is 5.11 Å². The van der Waals surface area contributed by atoms with Crippen LogP contribution in [0, 0.1) is 0 Å². The summed E-state index contributed by atoms with van der Waals surface area (Å²) in [7, 11) is 0. The summed E-state index contributed by atoms with van der Waals surface area (Å²) >= 11 is 0. The molecule has 0 unspecified atom stereocenters. The quantitative estimate of drug-likeness (QED) is 0.752. The number of hydrogen-bond donors (Lipinski definition) is 1. The third-order valence-corrected chi connectivity index (χ3v) is 3.58. The van der Waals surface area contributed by atoms with Crippen LogP contribution in [-0.2, 0) is 12.0 Å². The predicted octanol–water partition coefficient (Wildman–Crippen LogP) is 3.42. The molecule has 1 heteroatoms. The lowest BCUT2D eigenvalue weighted by atomic mass is 9.84. The van der Waals surface area contributed by atoms with Gasteiger partial charge in [-0.3, -0.25) is 0 Å². The van der Waals surface area contributed by atoms with Crippen LogP contribution in [-0.4, -0.2) is 5.11 Å². The Hall–Kier alpha value is -1.86. The SMILES string of the molecule is O[C@@]1(c2ccccc2)C=CCCc2ccccc21. The number of aryl methyl sites for hydroxylation is 1. The molecule has 2 aromatic carbocycles. The van der Waals surface area contributed by atoms with E-state index in [9.17, 15) is 5.11 Å². The molecular formula is C17H16O. The van der Waals surface area contributed by atoms with Crippen LogP contribution in [0.2, 0.25) is 0 Å². The number of hydrogen-bond acceptors (Lipinski definition) is 1. The second-order valence-corrected chi connectivity index (χ2v) is 4.73. The number of fused-ring (bicyclic) bond motifs is 1. The molecule has 1 atom stereocenters. The molecule has 1 nitrogen and oxygen atoms in total. The average Bonchev–Trinajstić information content (AvgIpc) is 2.61. The standard InChI is InChI=1S/C17H16O/c18-17(15-10-2-1-3-11-15)13-7-6-9-14-8-4-5-12-16(14)17/h1-5,7-8,10-13,18H,6,9H2/t17-/m1/s1. The van der Waals surface area contributed by atoms with Crippen LogP contribution in [0.25, 0.3) is 0 Å². The molecule has 90 valence electrons. The fraction of sp³-hybridized carbons (Fsp3) is 0.176. The molecule has 0 heterocycles. The summed E-state index contributed by atoms with van der Waals surface area (Å²) in [6.07, 6.45) is 5.97. The van der Waals surface area contributed by atoms with Gasteiger partial charge >= 0.3 is 0 Å². The van der Waals surface area contributed by atoms with E-state index in [-0.39, 0.29) is 0 Å². The summed E-state index contributed by atoms with van der Waals surface area (Å²) in [6.45, 7) is 0. The molecule has 1 N–H and O–H groups in total. The topological polar surface area (TPSA) is 20.2 Å². The summed E-state index contributed by atoms with van der Waals surface area (Å²) in [5, 5.41) is 11.1. The van der Waals surface area contributed by atoms with Gasteiger partial charge in [0.15, 0.2) is 0 Å². The Morgan fingerprint density at radius 3 is 2.44 bits per heavy atom. The second-order valence-electron chi connectivity index (χ2n) is 4.73. The van der Waals surface area contributed by atoms with Crippen LogP contribution in [0.5, 0.6) is 0 Å². The summed E-state index contributed by atoms with van der Waals surface area (Å²) < 4.78 is 0. The van der Waals surface area contributed by atoms with E-state index < -0.39 is 5.60 Å². The highest BCUT2D eigenvalue weighted by atomic mass is 16.3. The van der Waals surface area contributed by atoms with E-state index in [1.165, 1.54) is 5.56 Å². The van der Waals surface area contributed by atoms with Crippen molar-refractivity contribution in [2.75, 3.05) is 0 Å². The normalized spacial score (nSPS) is 22.3. The minimum atomic E-state index is -0.992. The van der Waals surface area contributed by atoms with Gasteiger partial charge in [0, 0.05) is 0 Å². The maximum absolute atomic E-state index is 11.1. The smallest absolute Gasteiger partial charge is 0.133 e. The molecule has 1 aliphatic rings. The summed E-state index contributed by atoms with van der Waals surface area (Å²) in [6, 6.07) is 18.0. The average molecular weight is 236 g/mol. The molecule has 1 aliphatic carbocycles. The highest BCUT2D eigenvalue weighted by Gasteiger charge is 2.31. The lowest BCUT2D eigenvalue weighted by Crippen LogP contribution is -2.25. The largest absolute Gasteiger partial charge is 0.377 e. The molecule has 0 saturated carbocycles. The van der Waals surface area contributed by atoms with Crippen LogP contribution >= 0.6 is 0 Å². The first-order chi connectivity index (χ1) is 8.81. The van der Waals surface area contributed by atoms with E-state index in [0.717, 1.165) is 24.0 Å². The Bertz CT molecular complexity index is 571. The second kappa shape index (κ2) is 4.43. The van der Waals surface area contributed by atoms with Gasteiger partial charge in [-0.1, -0.05) is 60.7 Å². The molecular weight excluding hydrogens is 220 g/mol. The van der Waals surface area contributed by atoms with Gasteiger partial charge in [0.2, 0.25) is 0 Å². The zero-order chi connectivity index (χ0) is 12.4. The van der Waals surface area contributed by atoms with Crippen molar-refractivity contribution in [1.29, 1.82) is 0 Å². The maximum Gasteiger partial charge on any atom is 0.133 e. The van der Waals surface area contributed by atoms with Crippen molar-refractivity contribution in [3.05, 3.63) is 83.4 Å². The zero-order valence-corrected chi connectivity index (χ0v) is 10.2. The van der Waals surface area contributed by atoms with Gasteiger partial charge in [0.25, 0.3) is 0 Å². The van der Waals surface area contributed by atoms with Gasteiger partial charge in [-0.15, -0.1) is 0 Å². The Labute approximate surface area is 107 Å². The van der Waals surface area contributed by atoms with Gasteiger partial charge in [0.1, 0.15) is 5.60 Å². The molecule has 0 radical (unpaired) electrons. The molecule has 18 heavy (non-hydrogen) atoms. The van der Waals surface area contributed by atoms with E-state index in [1.54, 1.807) is 0 Å². The van der Waals surface area contributed by atoms with Gasteiger partial charge in [0.05, 0.1) is 0 Å². The van der Waals surface area contributed by atoms with Crippen LogP contribution in [0.3, 0.4) is 0 Å². The molecule has 0 bridgehead atoms. The lowest BCUT2D eigenvalue weighted by Gasteiger charge is -2.27. The lowest BCUT2D eigenvalue weighted by molar-refractivity contribution is 0.134. The van der Waals surface area contributed by atoms with Crippen molar-refractivity contribution in [2.45, 2.75) is 18.4 Å². The Kier molecular flexibility index (Phi) is 2.77. The molecule has 0 saturated heterocycles. The van der Waals surface area contributed by atoms with E-state index >= 15 is 0 Å². The van der Waals surface area contributed by atoms with Crippen molar-refractivity contribution in [3.8, 4) is 0 Å². The van der Waals surface area contributed by atoms with Gasteiger partial charge < -0.3 is 5.11 Å². The van der Waals surface area contributed by atoms with Crippen molar-refractivity contribution >= 4 is 0 Å². The number of rotatable bonds is 1. The number of aliphatic hydroxyl groups is 1. The Balaban J connectivity index is 2.22. The molecule has 0 fully saturated rings. The first-order valence-electron chi connectivity index (χ1n) is 6.35. The van der Waals surface area contributed by atoms with Gasteiger partial charge in [-0.05, 0) is 35.6 Å². The number of allylic oxidation sites excluding steroid dienone is 1. The fourth-order valence-corrected chi connectivity index (χ4v) is 2.64. The van der Waals surface area contributed by atoms with Crippen molar-refractivity contribution in [1.82, 2.24) is 0 Å². The monoisotopic (exact) mass is 236 g/mol. The van der Waals surface area contributed by atoms with Gasteiger partial charge in [-0.25, -0.2) is 0 Å². The molecule has 0 aromatic heterocycles. The minimum absolute atomic E-state index is 0.926. The zero-order valence-electron chi connectivity index (χ0n) is 10.2. The van der Waals surface area contributed by atoms with Gasteiger partial charge in [-0.2, -0.15) is 0 Å². The highest BCUT2D eigenvalue weighted by molar-refractivity contribution is 5.46. The highest BCUT2D eigenvalue weighted by Crippen LogP contribution is 2.35. The van der Waals surface area contributed by atoms with E-state index in [2.05, 4.69) is 12.1 Å². The summed E-state index contributed by atoms with van der Waals surface area (Å²) in [5.74, 6) is 0. The third-order valence-electron chi connectivity index (χ3n) is 3.58. The van der Waals surface area contributed by atoms with Crippen molar-refractivity contribution in [3.63, 3.8) is 0 Å². The van der Waals surface area contributed by atoms with Crippen LogP contribution in [0.15, 0.2) is 66.7 Å². The third kappa shape index (κ3) is 1.77. The molecule has 3 rings (SSSR count). The first kappa shape index (κ1) is 11.2. The van der Waals surface area contributed by atoms with Crippen LogP contribution in [0.4, 0.5) is 0 Å². The van der Waals surface area contributed by atoms with E-state index in [4.69, 9.17) is 0 Å². The first-order valence-corrected chi connectivity index (χ1v) is 6.35. The van der Waals surface area contributed by atoms with Crippen molar-refractivity contribution in [2.24, 2.45) is 0 Å². The number of benzene rings is 2. The fourth-order valence-electron chi connectivity index (χ4n) is 2.64. The summed E-state index contributed by atoms with van der Waals surface area (Å²) in [4.78, 5) is 0. The van der Waals surface area contributed by atoms with E-state index in [0.29, 0.717) is 0 Å². The molecule has 0 spiro atoms. The molecule has 0 amide bonds. The van der Waals surface area contributed by atoms with E-state index in [1.807, 2.05) is 54.6 Å². The maximum atomic E-state index is 11.1. The molecule has 2 aromatic rings.